The van der Waals surface area contributed by atoms with Crippen LogP contribution in [0.4, 0.5) is 0 Å². The van der Waals surface area contributed by atoms with Crippen LogP contribution in [0.15, 0.2) is 54.9 Å². The van der Waals surface area contributed by atoms with E-state index in [0.717, 1.165) is 22.3 Å². The molecule has 0 bridgehead atoms. The molecule has 0 aliphatic carbocycles. The van der Waals surface area contributed by atoms with Crippen molar-refractivity contribution in [2.45, 2.75) is 25.9 Å². The van der Waals surface area contributed by atoms with E-state index in [0.29, 0.717) is 0 Å². The average molecular weight is 323 g/mol. The van der Waals surface area contributed by atoms with Gasteiger partial charge in [-0.3, -0.25) is 4.79 Å². The molecule has 0 radical (unpaired) electrons. The highest BCUT2D eigenvalue weighted by Gasteiger charge is 2.20. The lowest BCUT2D eigenvalue weighted by Gasteiger charge is -2.20. The molecule has 0 unspecified atom stereocenters. The van der Waals surface area contributed by atoms with Crippen LogP contribution in [0.3, 0.4) is 0 Å². The molecule has 5 heteroatoms. The zero-order chi connectivity index (χ0) is 17.1. The number of hydrogen-bond donors (Lipinski definition) is 1. The highest BCUT2D eigenvalue weighted by Crippen LogP contribution is 2.25. The predicted molar refractivity (Wildman–Crippen MR) is 94.0 cm³/mol. The fourth-order valence-corrected chi connectivity index (χ4v) is 2.85. The molecule has 1 heterocycles. The summed E-state index contributed by atoms with van der Waals surface area (Å²) in [6.07, 6.45) is 1.71. The van der Waals surface area contributed by atoms with Gasteiger partial charge in [0.2, 0.25) is 5.91 Å². The number of imidazole rings is 1. The van der Waals surface area contributed by atoms with Gasteiger partial charge in [-0.1, -0.05) is 30.3 Å². The van der Waals surface area contributed by atoms with E-state index in [1.807, 2.05) is 66.9 Å². The molecule has 1 N–H and O–H groups in total. The summed E-state index contributed by atoms with van der Waals surface area (Å²) < 4.78 is 7.26. The number of benzene rings is 2. The lowest BCUT2D eigenvalue weighted by molar-refractivity contribution is -0.124. The fraction of sp³-hybridized carbons (Fsp3) is 0.263. The highest BCUT2D eigenvalue weighted by molar-refractivity contribution is 5.83. The molecule has 1 aromatic heterocycles. The number of amides is 1. The van der Waals surface area contributed by atoms with Gasteiger partial charge in [0.25, 0.3) is 0 Å². The summed E-state index contributed by atoms with van der Waals surface area (Å²) in [5.41, 5.74) is 2.79. The zero-order valence-corrected chi connectivity index (χ0v) is 14.1. The maximum atomic E-state index is 12.7. The first kappa shape index (κ1) is 16.1. The Labute approximate surface area is 141 Å². The van der Waals surface area contributed by atoms with Gasteiger partial charge in [-0.05, 0) is 32.0 Å². The molecule has 0 fully saturated rings. The third-order valence-electron chi connectivity index (χ3n) is 4.24. The number of methoxy groups -OCH3 is 1. The van der Waals surface area contributed by atoms with E-state index in [9.17, 15) is 4.79 Å². The highest BCUT2D eigenvalue weighted by atomic mass is 16.5. The van der Waals surface area contributed by atoms with Crippen LogP contribution in [0.25, 0.3) is 11.0 Å². The number of carbonyl (C=O) groups excluding carboxylic acids is 1. The van der Waals surface area contributed by atoms with E-state index in [2.05, 4.69) is 10.3 Å². The summed E-state index contributed by atoms with van der Waals surface area (Å²) in [6, 6.07) is 15.0. The van der Waals surface area contributed by atoms with Crippen LogP contribution in [0, 0.1) is 0 Å². The number of rotatable bonds is 5. The monoisotopic (exact) mass is 323 g/mol. The van der Waals surface area contributed by atoms with Crippen molar-refractivity contribution in [3.63, 3.8) is 0 Å². The van der Waals surface area contributed by atoms with Gasteiger partial charge in [0.1, 0.15) is 11.8 Å². The summed E-state index contributed by atoms with van der Waals surface area (Å²) in [7, 11) is 1.63. The number of fused-ring (bicyclic) bond motifs is 1. The summed E-state index contributed by atoms with van der Waals surface area (Å²) in [6.45, 7) is 3.83. The van der Waals surface area contributed by atoms with Crippen LogP contribution in [0.1, 0.15) is 31.5 Å². The number of aromatic nitrogens is 2. The third-order valence-corrected chi connectivity index (χ3v) is 4.24. The van der Waals surface area contributed by atoms with E-state index in [4.69, 9.17) is 4.74 Å². The van der Waals surface area contributed by atoms with Crippen molar-refractivity contribution in [3.05, 3.63) is 60.4 Å². The van der Waals surface area contributed by atoms with Gasteiger partial charge < -0.3 is 14.6 Å². The van der Waals surface area contributed by atoms with Crippen molar-refractivity contribution in [2.75, 3.05) is 7.11 Å². The second kappa shape index (κ2) is 6.74. The van der Waals surface area contributed by atoms with Crippen molar-refractivity contribution in [2.24, 2.45) is 0 Å². The first-order chi connectivity index (χ1) is 11.6. The number of nitrogens with one attached hydrogen (secondary N) is 1. The normalized spacial score (nSPS) is 13.5. The Hall–Kier alpha value is -2.82. The Kier molecular flexibility index (Phi) is 4.51. The van der Waals surface area contributed by atoms with Crippen molar-refractivity contribution in [1.82, 2.24) is 14.9 Å². The Morgan fingerprint density at radius 3 is 2.62 bits per heavy atom. The number of carbonyl (C=O) groups is 1. The van der Waals surface area contributed by atoms with E-state index >= 15 is 0 Å². The minimum atomic E-state index is -0.352. The first-order valence-electron chi connectivity index (χ1n) is 7.96. The quantitative estimate of drug-likeness (QED) is 0.782. The topological polar surface area (TPSA) is 56.1 Å². The molecule has 0 saturated carbocycles. The minimum Gasteiger partial charge on any atom is -0.496 e. The number of ether oxygens (including phenoxy) is 1. The Morgan fingerprint density at radius 2 is 1.83 bits per heavy atom. The van der Waals surface area contributed by atoms with Gasteiger partial charge in [0, 0.05) is 5.56 Å². The molecule has 1 amide bonds. The molecule has 124 valence electrons. The molecule has 0 saturated heterocycles. The summed E-state index contributed by atoms with van der Waals surface area (Å²) in [5.74, 6) is 0.711. The zero-order valence-electron chi connectivity index (χ0n) is 14.1. The van der Waals surface area contributed by atoms with E-state index < -0.39 is 0 Å². The Morgan fingerprint density at radius 1 is 1.12 bits per heavy atom. The van der Waals surface area contributed by atoms with Gasteiger partial charge in [-0.25, -0.2) is 4.98 Å². The Balaban J connectivity index is 1.79. The minimum absolute atomic E-state index is 0.0587. The average Bonchev–Trinajstić information content (AvgIpc) is 3.04. The standard InChI is InChI=1S/C19H21N3O2/c1-13(15-8-4-7-11-18(15)24-3)21-19(23)14(2)22-12-20-16-9-5-6-10-17(16)22/h4-14H,1-3H3,(H,21,23)/t13-,14-/m1/s1. The van der Waals surface area contributed by atoms with Gasteiger partial charge in [-0.15, -0.1) is 0 Å². The van der Waals surface area contributed by atoms with Crippen LogP contribution in [0.2, 0.25) is 0 Å². The molecule has 3 rings (SSSR count). The summed E-state index contributed by atoms with van der Waals surface area (Å²) in [4.78, 5) is 17.0. The second-order valence-corrected chi connectivity index (χ2v) is 5.79. The van der Waals surface area contributed by atoms with Crippen molar-refractivity contribution < 1.29 is 9.53 Å². The number of hydrogen-bond acceptors (Lipinski definition) is 3. The molecule has 2 atom stereocenters. The Bertz CT molecular complexity index is 856. The van der Waals surface area contributed by atoms with Crippen LogP contribution < -0.4 is 10.1 Å². The van der Waals surface area contributed by atoms with Gasteiger partial charge in [0.15, 0.2) is 0 Å². The van der Waals surface area contributed by atoms with E-state index in [1.54, 1.807) is 13.4 Å². The fourth-order valence-electron chi connectivity index (χ4n) is 2.85. The molecule has 24 heavy (non-hydrogen) atoms. The molecule has 0 aliphatic rings. The molecule has 2 aromatic carbocycles. The van der Waals surface area contributed by atoms with Crippen LogP contribution in [-0.2, 0) is 4.79 Å². The van der Waals surface area contributed by atoms with E-state index in [1.165, 1.54) is 0 Å². The summed E-state index contributed by atoms with van der Waals surface area (Å²) in [5, 5.41) is 3.06. The van der Waals surface area contributed by atoms with Gasteiger partial charge >= 0.3 is 0 Å². The maximum Gasteiger partial charge on any atom is 0.243 e. The molecular formula is C19H21N3O2. The molecule has 5 nitrogen and oxygen atoms in total. The van der Waals surface area contributed by atoms with Crippen molar-refractivity contribution in [3.8, 4) is 5.75 Å². The second-order valence-electron chi connectivity index (χ2n) is 5.79. The summed E-state index contributed by atoms with van der Waals surface area (Å²) >= 11 is 0. The van der Waals surface area contributed by atoms with Crippen LogP contribution >= 0.6 is 0 Å². The predicted octanol–water partition coefficient (Wildman–Crippen LogP) is 3.48. The largest absolute Gasteiger partial charge is 0.496 e. The lowest BCUT2D eigenvalue weighted by atomic mass is 10.1. The smallest absolute Gasteiger partial charge is 0.243 e. The first-order valence-corrected chi connectivity index (χ1v) is 7.96. The number of para-hydroxylation sites is 3. The third kappa shape index (κ3) is 2.97. The molecule has 0 aliphatic heterocycles. The SMILES string of the molecule is COc1ccccc1[C@@H](C)NC(=O)[C@@H](C)n1cnc2ccccc21. The van der Waals surface area contributed by atoms with Crippen LogP contribution in [-0.4, -0.2) is 22.6 Å². The van der Waals surface area contributed by atoms with Crippen molar-refractivity contribution in [1.29, 1.82) is 0 Å². The lowest BCUT2D eigenvalue weighted by Crippen LogP contribution is -2.33. The maximum absolute atomic E-state index is 12.7. The van der Waals surface area contributed by atoms with Gasteiger partial charge in [0.05, 0.1) is 30.5 Å². The van der Waals surface area contributed by atoms with Crippen LogP contribution in [0.5, 0.6) is 5.75 Å². The molecule has 0 spiro atoms. The molecular weight excluding hydrogens is 302 g/mol. The number of nitrogens with zero attached hydrogens (tertiary/aromatic N) is 2. The van der Waals surface area contributed by atoms with Crippen molar-refractivity contribution >= 4 is 16.9 Å². The molecule has 3 aromatic rings. The van der Waals surface area contributed by atoms with Gasteiger partial charge in [-0.2, -0.15) is 0 Å². The van der Waals surface area contributed by atoms with E-state index in [-0.39, 0.29) is 18.0 Å².